The van der Waals surface area contributed by atoms with E-state index < -0.39 is 5.60 Å². The van der Waals surface area contributed by atoms with Gasteiger partial charge in [0.05, 0.1) is 5.60 Å². The van der Waals surface area contributed by atoms with Gasteiger partial charge in [-0.25, -0.2) is 4.39 Å². The van der Waals surface area contributed by atoms with Gasteiger partial charge in [-0.05, 0) is 43.0 Å². The molecule has 1 nitrogen and oxygen atoms in total. The first kappa shape index (κ1) is 9.16. The number of hydrogen-bond donors (Lipinski definition) is 1. The highest BCUT2D eigenvalue weighted by atomic mass is 79.9. The predicted molar refractivity (Wildman–Crippen MR) is 52.0 cm³/mol. The lowest BCUT2D eigenvalue weighted by atomic mass is 10.0. The third-order valence-electron chi connectivity index (χ3n) is 2.53. The van der Waals surface area contributed by atoms with Crippen molar-refractivity contribution in [3.05, 3.63) is 33.5 Å². The highest BCUT2D eigenvalue weighted by Crippen LogP contribution is 2.47. The van der Waals surface area contributed by atoms with Crippen molar-refractivity contribution in [3.63, 3.8) is 0 Å². The summed E-state index contributed by atoms with van der Waals surface area (Å²) in [4.78, 5) is 0. The van der Waals surface area contributed by atoms with Gasteiger partial charge in [0.15, 0.2) is 0 Å². The number of hydrogen-bond acceptors (Lipinski definition) is 1. The second-order valence-electron chi connectivity index (χ2n) is 3.59. The minimum atomic E-state index is -0.755. The Balaban J connectivity index is 2.56. The standard InChI is InChI=1S/C10H10BrFO/c1-6-8(10(13)2-3-10)4-7(12)5-9(6)11/h4-5,13H,2-3H2,1H3. The van der Waals surface area contributed by atoms with Crippen LogP contribution in [0.5, 0.6) is 0 Å². The van der Waals surface area contributed by atoms with Gasteiger partial charge in [-0.15, -0.1) is 0 Å². The molecule has 3 heteroatoms. The highest BCUT2D eigenvalue weighted by molar-refractivity contribution is 9.10. The zero-order valence-electron chi connectivity index (χ0n) is 7.27. The van der Waals surface area contributed by atoms with Gasteiger partial charge in [0.1, 0.15) is 5.82 Å². The molecule has 0 bridgehead atoms. The SMILES string of the molecule is Cc1c(Br)cc(F)cc1C1(O)CC1. The highest BCUT2D eigenvalue weighted by Gasteiger charge is 2.43. The quantitative estimate of drug-likeness (QED) is 0.806. The summed E-state index contributed by atoms with van der Waals surface area (Å²) in [7, 11) is 0. The van der Waals surface area contributed by atoms with E-state index in [9.17, 15) is 9.50 Å². The van der Waals surface area contributed by atoms with Crippen molar-refractivity contribution < 1.29 is 9.50 Å². The van der Waals surface area contributed by atoms with Crippen LogP contribution in [0.4, 0.5) is 4.39 Å². The first-order chi connectivity index (χ1) is 6.03. The number of aliphatic hydroxyl groups is 1. The molecule has 0 spiro atoms. The van der Waals surface area contributed by atoms with Crippen LogP contribution in [0.2, 0.25) is 0 Å². The van der Waals surface area contributed by atoms with E-state index in [-0.39, 0.29) is 5.82 Å². The summed E-state index contributed by atoms with van der Waals surface area (Å²) in [5.41, 5.74) is 0.898. The van der Waals surface area contributed by atoms with Crippen LogP contribution >= 0.6 is 15.9 Å². The van der Waals surface area contributed by atoms with Gasteiger partial charge in [0, 0.05) is 4.47 Å². The van der Waals surface area contributed by atoms with Crippen LogP contribution < -0.4 is 0 Å². The molecule has 0 atom stereocenters. The normalized spacial score (nSPS) is 18.8. The zero-order valence-corrected chi connectivity index (χ0v) is 8.86. The van der Waals surface area contributed by atoms with E-state index in [0.29, 0.717) is 0 Å². The third-order valence-corrected chi connectivity index (χ3v) is 3.36. The van der Waals surface area contributed by atoms with E-state index in [4.69, 9.17) is 0 Å². The Bertz CT molecular complexity index is 358. The maximum Gasteiger partial charge on any atom is 0.124 e. The Morgan fingerprint density at radius 1 is 1.46 bits per heavy atom. The van der Waals surface area contributed by atoms with Crippen molar-refractivity contribution in [1.82, 2.24) is 0 Å². The maximum absolute atomic E-state index is 13.0. The monoisotopic (exact) mass is 244 g/mol. The third kappa shape index (κ3) is 1.51. The molecule has 1 fully saturated rings. The number of halogens is 2. The molecule has 1 N–H and O–H groups in total. The van der Waals surface area contributed by atoms with E-state index in [1.54, 1.807) is 0 Å². The van der Waals surface area contributed by atoms with Crippen molar-refractivity contribution in [2.75, 3.05) is 0 Å². The first-order valence-corrected chi connectivity index (χ1v) is 5.01. The molecule has 0 amide bonds. The van der Waals surface area contributed by atoms with Gasteiger partial charge in [-0.1, -0.05) is 15.9 Å². The molecule has 0 unspecified atom stereocenters. The summed E-state index contributed by atoms with van der Waals surface area (Å²) in [5.74, 6) is -0.298. The smallest absolute Gasteiger partial charge is 0.124 e. The molecule has 1 aromatic rings. The van der Waals surface area contributed by atoms with Crippen LogP contribution in [0.3, 0.4) is 0 Å². The molecule has 0 heterocycles. The van der Waals surface area contributed by atoms with Crippen LogP contribution in [-0.4, -0.2) is 5.11 Å². The Morgan fingerprint density at radius 2 is 2.08 bits per heavy atom. The lowest BCUT2D eigenvalue weighted by Crippen LogP contribution is -2.07. The van der Waals surface area contributed by atoms with Crippen LogP contribution in [-0.2, 0) is 5.60 Å². The summed E-state index contributed by atoms with van der Waals surface area (Å²) in [6.45, 7) is 1.88. The van der Waals surface area contributed by atoms with E-state index in [2.05, 4.69) is 15.9 Å². The fourth-order valence-electron chi connectivity index (χ4n) is 1.52. The minimum absolute atomic E-state index is 0.298. The zero-order chi connectivity index (χ0) is 9.64. The van der Waals surface area contributed by atoms with E-state index in [1.165, 1.54) is 12.1 Å². The van der Waals surface area contributed by atoms with Crippen molar-refractivity contribution in [1.29, 1.82) is 0 Å². The van der Waals surface area contributed by atoms with Crippen LogP contribution in [0.25, 0.3) is 0 Å². The molecule has 70 valence electrons. The van der Waals surface area contributed by atoms with Gasteiger partial charge in [-0.3, -0.25) is 0 Å². The Morgan fingerprint density at radius 3 is 2.62 bits per heavy atom. The van der Waals surface area contributed by atoms with Crippen LogP contribution in [0.1, 0.15) is 24.0 Å². The average molecular weight is 245 g/mol. The molecule has 0 aromatic heterocycles. The van der Waals surface area contributed by atoms with Crippen LogP contribution in [0, 0.1) is 12.7 Å². The Hall–Kier alpha value is -0.410. The van der Waals surface area contributed by atoms with Crippen molar-refractivity contribution in [3.8, 4) is 0 Å². The average Bonchev–Trinajstić information content (AvgIpc) is 2.77. The topological polar surface area (TPSA) is 20.2 Å². The first-order valence-electron chi connectivity index (χ1n) is 4.21. The lowest BCUT2D eigenvalue weighted by Gasteiger charge is -2.13. The molecule has 1 aliphatic carbocycles. The fraction of sp³-hybridized carbons (Fsp3) is 0.400. The summed E-state index contributed by atoms with van der Waals surface area (Å²) in [6, 6.07) is 2.84. The second kappa shape index (κ2) is 2.79. The molecule has 1 saturated carbocycles. The summed E-state index contributed by atoms with van der Waals surface area (Å²) in [5, 5.41) is 9.84. The summed E-state index contributed by atoms with van der Waals surface area (Å²) in [6.07, 6.45) is 1.48. The lowest BCUT2D eigenvalue weighted by molar-refractivity contribution is 0.150. The predicted octanol–water partition coefficient (Wildman–Crippen LogP) is 2.88. The van der Waals surface area contributed by atoms with Gasteiger partial charge in [-0.2, -0.15) is 0 Å². The van der Waals surface area contributed by atoms with Gasteiger partial charge < -0.3 is 5.11 Å². The molecule has 1 aromatic carbocycles. The largest absolute Gasteiger partial charge is 0.385 e. The fourth-order valence-corrected chi connectivity index (χ4v) is 1.95. The molecule has 2 rings (SSSR count). The molecule has 13 heavy (non-hydrogen) atoms. The number of benzene rings is 1. The van der Waals surface area contributed by atoms with E-state index >= 15 is 0 Å². The molecule has 0 saturated heterocycles. The van der Waals surface area contributed by atoms with E-state index in [1.807, 2.05) is 6.92 Å². The molecule has 0 radical (unpaired) electrons. The summed E-state index contributed by atoms with van der Waals surface area (Å²) >= 11 is 3.27. The van der Waals surface area contributed by atoms with Crippen molar-refractivity contribution in [2.45, 2.75) is 25.4 Å². The number of rotatable bonds is 1. The van der Waals surface area contributed by atoms with Gasteiger partial charge in [0.2, 0.25) is 0 Å². The van der Waals surface area contributed by atoms with Crippen molar-refractivity contribution in [2.24, 2.45) is 0 Å². The second-order valence-corrected chi connectivity index (χ2v) is 4.45. The Labute approximate surface area is 84.7 Å². The van der Waals surface area contributed by atoms with Gasteiger partial charge in [0.25, 0.3) is 0 Å². The van der Waals surface area contributed by atoms with Crippen molar-refractivity contribution >= 4 is 15.9 Å². The maximum atomic E-state index is 13.0. The van der Waals surface area contributed by atoms with E-state index in [0.717, 1.165) is 28.4 Å². The summed E-state index contributed by atoms with van der Waals surface area (Å²) < 4.78 is 13.7. The molecular weight excluding hydrogens is 235 g/mol. The minimum Gasteiger partial charge on any atom is -0.385 e. The molecular formula is C10H10BrFO. The molecule has 1 aliphatic rings. The Kier molecular flexibility index (Phi) is 1.96. The molecule has 0 aliphatic heterocycles. The van der Waals surface area contributed by atoms with Crippen LogP contribution in [0.15, 0.2) is 16.6 Å². The van der Waals surface area contributed by atoms with Gasteiger partial charge >= 0.3 is 0 Å².